The van der Waals surface area contributed by atoms with Crippen molar-refractivity contribution in [3.63, 3.8) is 0 Å². The average Bonchev–Trinajstić information content (AvgIpc) is 3.78. The molecule has 6 unspecified atom stereocenters. The van der Waals surface area contributed by atoms with Gasteiger partial charge in [-0.05, 0) is 118 Å². The second-order valence-corrected chi connectivity index (χ2v) is 18.8. The van der Waals surface area contributed by atoms with Crippen molar-refractivity contribution < 1.29 is 38.2 Å². The van der Waals surface area contributed by atoms with Crippen LogP contribution in [-0.2, 0) is 25.6 Å². The molecule has 0 spiro atoms. The number of rotatable bonds is 17. The molecular formula is C53H67N11O8. The van der Waals surface area contributed by atoms with Gasteiger partial charge >= 0.3 is 0 Å². The summed E-state index contributed by atoms with van der Waals surface area (Å²) in [6, 6.07) is 14.7. The van der Waals surface area contributed by atoms with Crippen molar-refractivity contribution in [1.82, 2.24) is 36.1 Å². The van der Waals surface area contributed by atoms with E-state index in [-0.39, 0.29) is 63.9 Å². The number of nitrogens with zero attached hydrogens (tertiary/aromatic N) is 4. The number of hydrogen-bond donors (Lipinski definition) is 7. The summed E-state index contributed by atoms with van der Waals surface area (Å²) in [4.78, 5) is 81.5. The van der Waals surface area contributed by atoms with E-state index in [9.17, 15) is 29.2 Å². The van der Waals surface area contributed by atoms with Gasteiger partial charge in [0.25, 0.3) is 5.91 Å². The topological polar surface area (TPSA) is 292 Å². The van der Waals surface area contributed by atoms with Crippen LogP contribution in [-0.4, -0.2) is 115 Å². The summed E-state index contributed by atoms with van der Waals surface area (Å²) in [5, 5.41) is 20.0. The third-order valence-electron chi connectivity index (χ3n) is 13.7. The maximum Gasteiger partial charge on any atom is 0.255 e. The van der Waals surface area contributed by atoms with E-state index in [4.69, 9.17) is 41.4 Å². The predicted octanol–water partition coefficient (Wildman–Crippen LogP) is 3.28. The molecule has 2 fully saturated rings. The first kappa shape index (κ1) is 52.7. The lowest BCUT2D eigenvalue weighted by molar-refractivity contribution is -0.141. The Balaban J connectivity index is 1.18. The molecule has 3 aliphatic rings. The molecular weight excluding hydrogens is 919 g/mol. The van der Waals surface area contributed by atoms with E-state index in [0.717, 1.165) is 36.0 Å². The van der Waals surface area contributed by atoms with Crippen molar-refractivity contribution >= 4 is 29.5 Å². The van der Waals surface area contributed by atoms with Crippen molar-refractivity contribution in [2.45, 2.75) is 102 Å². The molecule has 2 heterocycles. The Bertz CT molecular complexity index is 2620. The summed E-state index contributed by atoms with van der Waals surface area (Å²) in [6.07, 6.45) is 7.61. The number of nitrogens with one attached hydrogen (secondary N) is 4. The Morgan fingerprint density at radius 2 is 1.47 bits per heavy atom. The monoisotopic (exact) mass is 986 g/mol. The van der Waals surface area contributed by atoms with Crippen LogP contribution in [0.2, 0.25) is 0 Å². The minimum Gasteiger partial charge on any atom is -0.492 e. The van der Waals surface area contributed by atoms with E-state index in [1.165, 1.54) is 44.6 Å². The van der Waals surface area contributed by atoms with E-state index in [2.05, 4.69) is 21.3 Å². The Labute approximate surface area is 420 Å². The molecule has 72 heavy (non-hydrogen) atoms. The van der Waals surface area contributed by atoms with Crippen molar-refractivity contribution in [2.24, 2.45) is 29.0 Å². The molecule has 0 saturated heterocycles. The van der Waals surface area contributed by atoms with Crippen LogP contribution in [0.1, 0.15) is 90.8 Å². The standard InChI is InChI=1S/C53H67N11O8/c1-30-46(31(2)60-48(59-30)34-10-13-38(14-11-34)72-39-27-35-7-5-6-8-36(35)28-39)51(67)62-42(17-18-54)53(69)64(4)47-37-12-16-45(71-24-21-57)41(29-37)40-25-33(9-15-44(40)70-23-20-56)26-43(50(66)58-22-19-55)63-49(65)32(3)61-52(47)68/h9-16,25,29,32,35-36,39,42-43,47H,5-8,17-18,20-24,26-28,54,56-57H2,1-4H3,(H,58,66)(H,61,68)(H,62,67)(H,63,65). The number of carbonyl (C=O) groups is 5. The minimum atomic E-state index is -1.41. The number of nitrogens with two attached hydrogens (primary N) is 3. The summed E-state index contributed by atoms with van der Waals surface area (Å²) in [5.41, 5.74) is 21.4. The summed E-state index contributed by atoms with van der Waals surface area (Å²) >= 11 is 0. The Morgan fingerprint density at radius 1 is 0.847 bits per heavy atom. The zero-order valence-electron chi connectivity index (χ0n) is 41.5. The summed E-state index contributed by atoms with van der Waals surface area (Å²) < 4.78 is 18.6. The number of ether oxygens (including phenoxy) is 3. The summed E-state index contributed by atoms with van der Waals surface area (Å²) in [6.45, 7) is 5.20. The molecule has 4 bridgehead atoms. The van der Waals surface area contributed by atoms with Gasteiger partial charge in [-0.15, -0.1) is 0 Å². The first-order chi connectivity index (χ1) is 34.7. The fourth-order valence-electron chi connectivity index (χ4n) is 10.2. The summed E-state index contributed by atoms with van der Waals surface area (Å²) in [5.74, 6) is 0.169. The van der Waals surface area contributed by atoms with Crippen LogP contribution >= 0.6 is 0 Å². The molecule has 1 aliphatic heterocycles. The molecule has 19 heteroatoms. The fraction of sp³-hybridized carbons (Fsp3) is 0.472. The highest BCUT2D eigenvalue weighted by Gasteiger charge is 2.38. The normalized spacial score (nSPS) is 21.1. The summed E-state index contributed by atoms with van der Waals surface area (Å²) in [7, 11) is 1.42. The Morgan fingerprint density at radius 3 is 2.08 bits per heavy atom. The number of benzene rings is 3. The number of aromatic nitrogens is 2. The maximum atomic E-state index is 14.8. The predicted molar refractivity (Wildman–Crippen MR) is 269 cm³/mol. The minimum absolute atomic E-state index is 0.000427. The lowest BCUT2D eigenvalue weighted by Gasteiger charge is -2.32. The third kappa shape index (κ3) is 12.5. The van der Waals surface area contributed by atoms with Crippen LogP contribution < -0.4 is 52.7 Å². The maximum absolute atomic E-state index is 14.8. The number of fused-ring (bicyclic) bond motifs is 6. The molecule has 2 aliphatic carbocycles. The highest BCUT2D eigenvalue weighted by Crippen LogP contribution is 2.44. The number of hydrogen-bond acceptors (Lipinski definition) is 14. The lowest BCUT2D eigenvalue weighted by atomic mass is 9.82. The quantitative estimate of drug-likeness (QED) is 0.0748. The zero-order valence-corrected chi connectivity index (χ0v) is 41.5. The second kappa shape index (κ2) is 24.3. The van der Waals surface area contributed by atoms with Gasteiger partial charge in [0.05, 0.1) is 29.1 Å². The van der Waals surface area contributed by atoms with Crippen molar-refractivity contribution in [3.8, 4) is 45.8 Å². The van der Waals surface area contributed by atoms with E-state index in [1.807, 2.05) is 30.3 Å². The van der Waals surface area contributed by atoms with Crippen molar-refractivity contribution in [3.05, 3.63) is 88.7 Å². The number of aryl methyl sites for hydroxylation is 2. The van der Waals surface area contributed by atoms with Crippen LogP contribution in [0.15, 0.2) is 60.7 Å². The molecule has 5 amide bonds. The smallest absolute Gasteiger partial charge is 0.255 e. The molecule has 19 nitrogen and oxygen atoms in total. The van der Waals surface area contributed by atoms with Gasteiger partial charge in [0.15, 0.2) is 5.82 Å². The number of amides is 5. The van der Waals surface area contributed by atoms with Crippen LogP contribution in [0.4, 0.5) is 0 Å². The van der Waals surface area contributed by atoms with Gasteiger partial charge in [0.1, 0.15) is 61.2 Å². The van der Waals surface area contributed by atoms with E-state index >= 15 is 0 Å². The number of carbonyl (C=O) groups excluding carboxylic acids is 5. The number of nitriles is 1. The van der Waals surface area contributed by atoms with E-state index in [0.29, 0.717) is 51.0 Å². The highest BCUT2D eigenvalue weighted by molar-refractivity contribution is 6.00. The highest BCUT2D eigenvalue weighted by atomic mass is 16.5. The second-order valence-electron chi connectivity index (χ2n) is 18.8. The van der Waals surface area contributed by atoms with Gasteiger partial charge in [-0.1, -0.05) is 37.8 Å². The SMILES string of the molecule is Cc1nc(-c2ccc(OC3CC4CCCCC4C3)cc2)nc(C)c1C(=O)NC(CCN)C(=O)N(C)C1C(=O)NC(C)C(=O)NC(C(=O)NCC#N)Cc2ccc(OCCN)c(c2)-c2cc1ccc2OCCN. The lowest BCUT2D eigenvalue weighted by Crippen LogP contribution is -2.56. The zero-order chi connectivity index (χ0) is 51.5. The van der Waals surface area contributed by atoms with E-state index in [1.54, 1.807) is 50.2 Å². The van der Waals surface area contributed by atoms with Crippen LogP contribution in [0.25, 0.3) is 22.5 Å². The molecule has 2 saturated carbocycles. The molecule has 10 N–H and O–H groups in total. The Hall–Kier alpha value is -7.14. The molecule has 4 aromatic rings. The molecule has 1 aromatic heterocycles. The Kier molecular flexibility index (Phi) is 17.8. The largest absolute Gasteiger partial charge is 0.492 e. The first-order valence-corrected chi connectivity index (χ1v) is 24.8. The van der Waals surface area contributed by atoms with Crippen molar-refractivity contribution in [2.75, 3.05) is 46.4 Å². The molecule has 7 rings (SSSR count). The van der Waals surface area contributed by atoms with Gasteiger partial charge in [-0.25, -0.2) is 9.97 Å². The molecule has 6 atom stereocenters. The molecule has 0 radical (unpaired) electrons. The van der Waals surface area contributed by atoms with Gasteiger partial charge in [-0.3, -0.25) is 24.0 Å². The first-order valence-electron chi connectivity index (χ1n) is 24.8. The van der Waals surface area contributed by atoms with Gasteiger partial charge in [0, 0.05) is 43.2 Å². The number of likely N-dealkylation sites (N-methyl/N-ethyl adjacent to an activating group) is 1. The third-order valence-corrected chi connectivity index (χ3v) is 13.7. The average molecular weight is 986 g/mol. The molecule has 382 valence electrons. The van der Waals surface area contributed by atoms with Crippen LogP contribution in [0.3, 0.4) is 0 Å². The van der Waals surface area contributed by atoms with Crippen LogP contribution in [0.5, 0.6) is 17.2 Å². The van der Waals surface area contributed by atoms with Crippen LogP contribution in [0, 0.1) is 37.0 Å². The fourth-order valence-corrected chi connectivity index (χ4v) is 10.2. The van der Waals surface area contributed by atoms with Gasteiger partial charge < -0.3 is 57.6 Å². The van der Waals surface area contributed by atoms with Gasteiger partial charge in [-0.2, -0.15) is 5.26 Å². The van der Waals surface area contributed by atoms with E-state index < -0.39 is 53.7 Å². The molecule has 3 aromatic carbocycles. The van der Waals surface area contributed by atoms with Gasteiger partial charge in [0.2, 0.25) is 23.6 Å². The van der Waals surface area contributed by atoms with Crippen molar-refractivity contribution in [1.29, 1.82) is 5.26 Å².